The first-order chi connectivity index (χ1) is 13.0. The number of amides is 1. The van der Waals surface area contributed by atoms with Crippen LogP contribution in [0.4, 0.5) is 8.78 Å². The zero-order valence-corrected chi connectivity index (χ0v) is 18.2. The minimum atomic E-state index is -2.88. The number of nitrogens with zero attached hydrogens (tertiary/aromatic N) is 2. The molecule has 0 saturated carbocycles. The first kappa shape index (κ1) is 23.3. The Labute approximate surface area is 178 Å². The number of methoxy groups -OCH3 is 1. The van der Waals surface area contributed by atoms with Crippen molar-refractivity contribution in [2.45, 2.75) is 44.4 Å². The highest BCUT2D eigenvalue weighted by Gasteiger charge is 2.36. The SMILES string of the molecule is COC1CCN(C2CN(C(=O)CCc3cc(Br)ccc3OC(F)F)C2)CC1.Cl. The third-order valence-electron chi connectivity index (χ3n) is 5.39. The van der Waals surface area contributed by atoms with Gasteiger partial charge in [0.15, 0.2) is 0 Å². The molecule has 0 N–H and O–H groups in total. The molecule has 0 atom stereocenters. The summed E-state index contributed by atoms with van der Waals surface area (Å²) in [6.07, 6.45) is 3.09. The van der Waals surface area contributed by atoms with Crippen molar-refractivity contribution in [1.82, 2.24) is 9.80 Å². The molecule has 0 spiro atoms. The molecule has 2 saturated heterocycles. The number of likely N-dealkylation sites (tertiary alicyclic amines) is 2. The van der Waals surface area contributed by atoms with Crippen molar-refractivity contribution < 1.29 is 23.0 Å². The van der Waals surface area contributed by atoms with Crippen LogP contribution in [0, 0.1) is 0 Å². The lowest BCUT2D eigenvalue weighted by molar-refractivity contribution is -0.139. The molecule has 5 nitrogen and oxygen atoms in total. The van der Waals surface area contributed by atoms with Crippen LogP contribution in [0.5, 0.6) is 5.75 Å². The van der Waals surface area contributed by atoms with Crippen LogP contribution >= 0.6 is 28.3 Å². The van der Waals surface area contributed by atoms with E-state index in [1.807, 2.05) is 4.90 Å². The van der Waals surface area contributed by atoms with Gasteiger partial charge in [0.25, 0.3) is 0 Å². The molecule has 28 heavy (non-hydrogen) atoms. The van der Waals surface area contributed by atoms with Crippen LogP contribution in [0.15, 0.2) is 22.7 Å². The van der Waals surface area contributed by atoms with Crippen molar-refractivity contribution in [1.29, 1.82) is 0 Å². The summed E-state index contributed by atoms with van der Waals surface area (Å²) in [4.78, 5) is 16.7. The second kappa shape index (κ2) is 10.7. The molecule has 1 amide bonds. The van der Waals surface area contributed by atoms with Crippen LogP contribution in [0.1, 0.15) is 24.8 Å². The number of hydrogen-bond donors (Lipinski definition) is 0. The monoisotopic (exact) mass is 482 g/mol. The van der Waals surface area contributed by atoms with E-state index in [9.17, 15) is 13.6 Å². The highest BCUT2D eigenvalue weighted by Crippen LogP contribution is 2.27. The number of alkyl halides is 2. The molecule has 0 bridgehead atoms. The van der Waals surface area contributed by atoms with E-state index in [0.717, 1.165) is 43.5 Å². The lowest BCUT2D eigenvalue weighted by atomic mass is 10.00. The zero-order valence-electron chi connectivity index (χ0n) is 15.8. The molecule has 2 aliphatic rings. The van der Waals surface area contributed by atoms with Crippen molar-refractivity contribution in [2.75, 3.05) is 33.3 Å². The normalized spacial score (nSPS) is 18.7. The lowest BCUT2D eigenvalue weighted by Crippen LogP contribution is -2.62. The summed E-state index contributed by atoms with van der Waals surface area (Å²) in [5.74, 6) is 0.185. The molecule has 0 aromatic heterocycles. The zero-order chi connectivity index (χ0) is 19.4. The number of benzene rings is 1. The fourth-order valence-electron chi connectivity index (χ4n) is 3.72. The largest absolute Gasteiger partial charge is 0.435 e. The average molecular weight is 484 g/mol. The van der Waals surface area contributed by atoms with E-state index in [0.29, 0.717) is 24.1 Å². The van der Waals surface area contributed by atoms with Crippen molar-refractivity contribution in [3.63, 3.8) is 0 Å². The Morgan fingerprint density at radius 1 is 1.29 bits per heavy atom. The summed E-state index contributed by atoms with van der Waals surface area (Å²) >= 11 is 3.33. The van der Waals surface area contributed by atoms with Crippen LogP contribution < -0.4 is 4.74 Å². The van der Waals surface area contributed by atoms with E-state index in [1.54, 1.807) is 19.2 Å². The molecule has 0 radical (unpaired) electrons. The smallest absolute Gasteiger partial charge is 0.387 e. The molecule has 2 aliphatic heterocycles. The standard InChI is InChI=1S/C19H25BrF2N2O3.ClH/c1-26-16-6-8-23(9-7-16)15-11-24(12-15)18(25)5-2-13-10-14(20)3-4-17(13)27-19(21)22;/h3-4,10,15-16,19H,2,5-9,11-12H2,1H3;1H. The Bertz CT molecular complexity index is 654. The molecular formula is C19H26BrClF2N2O3. The van der Waals surface area contributed by atoms with Gasteiger partial charge in [0.05, 0.1) is 6.10 Å². The van der Waals surface area contributed by atoms with Gasteiger partial charge >= 0.3 is 6.61 Å². The second-order valence-electron chi connectivity index (χ2n) is 7.05. The fourth-order valence-corrected chi connectivity index (χ4v) is 4.13. The summed E-state index contributed by atoms with van der Waals surface area (Å²) in [7, 11) is 1.76. The van der Waals surface area contributed by atoms with Gasteiger partial charge in [-0.3, -0.25) is 9.69 Å². The molecule has 9 heteroatoms. The number of piperidine rings is 1. The summed E-state index contributed by atoms with van der Waals surface area (Å²) in [5.41, 5.74) is 0.608. The number of carbonyl (C=O) groups excluding carboxylic acids is 1. The van der Waals surface area contributed by atoms with E-state index in [-0.39, 0.29) is 30.5 Å². The van der Waals surface area contributed by atoms with Gasteiger partial charge < -0.3 is 14.4 Å². The quantitative estimate of drug-likeness (QED) is 0.593. The van der Waals surface area contributed by atoms with E-state index >= 15 is 0 Å². The van der Waals surface area contributed by atoms with Crippen molar-refractivity contribution in [3.05, 3.63) is 28.2 Å². The molecule has 0 unspecified atom stereocenters. The number of hydrogen-bond acceptors (Lipinski definition) is 4. The van der Waals surface area contributed by atoms with E-state index < -0.39 is 6.61 Å². The Morgan fingerprint density at radius 2 is 1.96 bits per heavy atom. The molecule has 2 heterocycles. The van der Waals surface area contributed by atoms with Crippen LogP contribution in [-0.4, -0.2) is 67.8 Å². The predicted octanol–water partition coefficient (Wildman–Crippen LogP) is 3.73. The first-order valence-electron chi connectivity index (χ1n) is 9.24. The van der Waals surface area contributed by atoms with Gasteiger partial charge in [-0.25, -0.2) is 0 Å². The number of ether oxygens (including phenoxy) is 2. The van der Waals surface area contributed by atoms with Gasteiger partial charge in [0.2, 0.25) is 5.91 Å². The van der Waals surface area contributed by atoms with Crippen LogP contribution in [-0.2, 0) is 16.0 Å². The van der Waals surface area contributed by atoms with Crippen LogP contribution in [0.2, 0.25) is 0 Å². The van der Waals surface area contributed by atoms with Crippen molar-refractivity contribution >= 4 is 34.2 Å². The minimum Gasteiger partial charge on any atom is -0.435 e. The van der Waals surface area contributed by atoms with E-state index in [1.165, 1.54) is 6.07 Å². The van der Waals surface area contributed by atoms with Gasteiger partial charge in [0, 0.05) is 50.2 Å². The Kier molecular flexibility index (Phi) is 8.92. The summed E-state index contributed by atoms with van der Waals surface area (Å²) < 4.78 is 35.8. The number of rotatable bonds is 7. The molecule has 0 aliphatic carbocycles. The van der Waals surface area contributed by atoms with E-state index in [4.69, 9.17) is 4.74 Å². The molecular weight excluding hydrogens is 458 g/mol. The number of aryl methyl sites for hydroxylation is 1. The molecule has 1 aromatic carbocycles. The highest BCUT2D eigenvalue weighted by molar-refractivity contribution is 9.10. The second-order valence-corrected chi connectivity index (χ2v) is 7.97. The maximum absolute atomic E-state index is 12.5. The first-order valence-corrected chi connectivity index (χ1v) is 10.0. The van der Waals surface area contributed by atoms with Gasteiger partial charge in [-0.05, 0) is 43.0 Å². The average Bonchev–Trinajstić information content (AvgIpc) is 2.61. The minimum absolute atomic E-state index is 0. The molecule has 1 aromatic rings. The van der Waals surface area contributed by atoms with Gasteiger partial charge in [-0.1, -0.05) is 15.9 Å². The van der Waals surface area contributed by atoms with Gasteiger partial charge in [-0.2, -0.15) is 8.78 Å². The molecule has 158 valence electrons. The maximum atomic E-state index is 12.5. The number of halogens is 4. The third kappa shape index (κ3) is 6.02. The van der Waals surface area contributed by atoms with Crippen molar-refractivity contribution in [3.8, 4) is 5.75 Å². The Hall–Kier alpha value is -0.960. The molecule has 3 rings (SSSR count). The van der Waals surface area contributed by atoms with Crippen LogP contribution in [0.25, 0.3) is 0 Å². The number of carbonyl (C=O) groups is 1. The van der Waals surface area contributed by atoms with Crippen LogP contribution in [0.3, 0.4) is 0 Å². The van der Waals surface area contributed by atoms with Gasteiger partial charge in [-0.15, -0.1) is 12.4 Å². The maximum Gasteiger partial charge on any atom is 0.387 e. The van der Waals surface area contributed by atoms with Crippen molar-refractivity contribution in [2.24, 2.45) is 0 Å². The Balaban J connectivity index is 0.00000280. The summed E-state index contributed by atoms with van der Waals surface area (Å²) in [5, 5.41) is 0. The van der Waals surface area contributed by atoms with Gasteiger partial charge in [0.1, 0.15) is 5.75 Å². The van der Waals surface area contributed by atoms with E-state index in [2.05, 4.69) is 25.6 Å². The predicted molar refractivity (Wildman–Crippen MR) is 108 cm³/mol. The molecule has 2 fully saturated rings. The lowest BCUT2D eigenvalue weighted by Gasteiger charge is -2.47. The topological polar surface area (TPSA) is 42.0 Å². The third-order valence-corrected chi connectivity index (χ3v) is 5.88. The Morgan fingerprint density at radius 3 is 2.57 bits per heavy atom. The summed E-state index contributed by atoms with van der Waals surface area (Å²) in [6.45, 7) is 0.638. The summed E-state index contributed by atoms with van der Waals surface area (Å²) in [6, 6.07) is 5.30. The fraction of sp³-hybridized carbons (Fsp3) is 0.632. The highest BCUT2D eigenvalue weighted by atomic mass is 79.9.